The molecule has 3 aromatic rings. The third-order valence-electron chi connectivity index (χ3n) is 5.46. The highest BCUT2D eigenvalue weighted by atomic mass is 32.1. The van der Waals surface area contributed by atoms with Crippen LogP contribution in [0.15, 0.2) is 47.8 Å². The first-order valence-electron chi connectivity index (χ1n) is 10.6. The monoisotopic (exact) mass is 421 g/mol. The van der Waals surface area contributed by atoms with Crippen molar-refractivity contribution in [2.75, 3.05) is 13.2 Å². The van der Waals surface area contributed by atoms with Crippen LogP contribution in [0.3, 0.4) is 0 Å². The van der Waals surface area contributed by atoms with E-state index in [1.807, 2.05) is 43.3 Å². The first kappa shape index (κ1) is 20.5. The fraction of sp³-hybridized carbons (Fsp3) is 0.375. The smallest absolute Gasteiger partial charge is 0.223 e. The number of carbonyl (C=O) groups is 1. The molecule has 0 saturated heterocycles. The van der Waals surface area contributed by atoms with Crippen molar-refractivity contribution in [1.82, 2.24) is 15.3 Å². The van der Waals surface area contributed by atoms with Gasteiger partial charge in [0, 0.05) is 28.5 Å². The number of aromatic nitrogens is 2. The Labute approximate surface area is 181 Å². The molecular formula is C24H27N3O2S. The molecule has 1 N–H and O–H groups in total. The lowest BCUT2D eigenvalue weighted by atomic mass is 9.99. The molecule has 0 fully saturated rings. The maximum atomic E-state index is 12.8. The van der Waals surface area contributed by atoms with Gasteiger partial charge in [-0.1, -0.05) is 36.4 Å². The standard InChI is InChI=1S/C24H27N3O2S/c1-2-29-24-20-12-10-18(23(28)25-15-14-19-9-6-16-30-19)11-13-21(20)26-22(27-24)17-7-4-3-5-8-17/h3-9,16,18H,2,10-15H2,1H3,(H,25,28). The summed E-state index contributed by atoms with van der Waals surface area (Å²) >= 11 is 1.73. The Morgan fingerprint density at radius 2 is 1.97 bits per heavy atom. The lowest BCUT2D eigenvalue weighted by Gasteiger charge is -2.14. The van der Waals surface area contributed by atoms with Crippen LogP contribution in [-0.4, -0.2) is 29.0 Å². The average molecular weight is 422 g/mol. The summed E-state index contributed by atoms with van der Waals surface area (Å²) in [7, 11) is 0. The van der Waals surface area contributed by atoms with E-state index in [-0.39, 0.29) is 11.8 Å². The lowest BCUT2D eigenvalue weighted by Crippen LogP contribution is -2.32. The van der Waals surface area contributed by atoms with Crippen molar-refractivity contribution in [3.8, 4) is 17.3 Å². The van der Waals surface area contributed by atoms with Gasteiger partial charge in [0.2, 0.25) is 11.8 Å². The number of nitrogens with zero attached hydrogens (tertiary/aromatic N) is 2. The van der Waals surface area contributed by atoms with Gasteiger partial charge in [-0.05, 0) is 50.5 Å². The quantitative estimate of drug-likeness (QED) is 0.572. The molecule has 1 amide bonds. The Balaban J connectivity index is 1.46. The molecule has 2 heterocycles. The van der Waals surface area contributed by atoms with Crippen LogP contribution >= 0.6 is 11.3 Å². The van der Waals surface area contributed by atoms with Crippen LogP contribution in [0, 0.1) is 5.92 Å². The molecule has 0 radical (unpaired) electrons. The number of hydrogen-bond donors (Lipinski definition) is 1. The Morgan fingerprint density at radius 3 is 2.73 bits per heavy atom. The molecule has 0 saturated carbocycles. The minimum absolute atomic E-state index is 0.00260. The van der Waals surface area contributed by atoms with Crippen molar-refractivity contribution >= 4 is 17.2 Å². The van der Waals surface area contributed by atoms with Crippen molar-refractivity contribution in [2.45, 2.75) is 39.0 Å². The highest BCUT2D eigenvalue weighted by Crippen LogP contribution is 2.31. The summed E-state index contributed by atoms with van der Waals surface area (Å²) in [5, 5.41) is 5.19. The Kier molecular flexibility index (Phi) is 6.74. The molecule has 1 unspecified atom stereocenters. The number of thiophene rings is 1. The highest BCUT2D eigenvalue weighted by Gasteiger charge is 2.26. The Bertz CT molecular complexity index is 974. The van der Waals surface area contributed by atoms with Crippen LogP contribution in [0.25, 0.3) is 11.4 Å². The zero-order chi connectivity index (χ0) is 20.8. The summed E-state index contributed by atoms with van der Waals surface area (Å²) in [5.74, 6) is 1.50. The minimum Gasteiger partial charge on any atom is -0.478 e. The van der Waals surface area contributed by atoms with Gasteiger partial charge in [-0.3, -0.25) is 4.79 Å². The predicted molar refractivity (Wildman–Crippen MR) is 120 cm³/mol. The number of benzene rings is 1. The van der Waals surface area contributed by atoms with Crippen molar-refractivity contribution in [3.63, 3.8) is 0 Å². The third-order valence-corrected chi connectivity index (χ3v) is 6.40. The highest BCUT2D eigenvalue weighted by molar-refractivity contribution is 7.09. The largest absolute Gasteiger partial charge is 0.478 e. The summed E-state index contributed by atoms with van der Waals surface area (Å²) < 4.78 is 5.87. The van der Waals surface area contributed by atoms with Crippen LogP contribution in [0.2, 0.25) is 0 Å². The van der Waals surface area contributed by atoms with E-state index in [0.717, 1.165) is 48.9 Å². The molecule has 0 bridgehead atoms. The molecule has 6 heteroatoms. The molecule has 0 spiro atoms. The van der Waals surface area contributed by atoms with E-state index in [1.54, 1.807) is 11.3 Å². The first-order chi connectivity index (χ1) is 14.7. The Morgan fingerprint density at radius 1 is 1.13 bits per heavy atom. The third kappa shape index (κ3) is 4.87. The van der Waals surface area contributed by atoms with Gasteiger partial charge in [0.1, 0.15) is 0 Å². The predicted octanol–water partition coefficient (Wildman–Crippen LogP) is 4.46. The van der Waals surface area contributed by atoms with E-state index in [9.17, 15) is 4.79 Å². The molecule has 30 heavy (non-hydrogen) atoms. The maximum Gasteiger partial charge on any atom is 0.223 e. The van der Waals surface area contributed by atoms with Gasteiger partial charge < -0.3 is 10.1 Å². The second-order valence-electron chi connectivity index (χ2n) is 7.47. The first-order valence-corrected chi connectivity index (χ1v) is 11.5. The molecule has 4 rings (SSSR count). The van der Waals surface area contributed by atoms with Gasteiger partial charge in [-0.2, -0.15) is 4.98 Å². The van der Waals surface area contributed by atoms with Gasteiger partial charge >= 0.3 is 0 Å². The van der Waals surface area contributed by atoms with Gasteiger partial charge in [0.15, 0.2) is 5.82 Å². The van der Waals surface area contributed by atoms with Crippen LogP contribution < -0.4 is 10.1 Å². The number of nitrogens with one attached hydrogen (secondary N) is 1. The van der Waals surface area contributed by atoms with E-state index < -0.39 is 0 Å². The van der Waals surface area contributed by atoms with Crippen LogP contribution in [-0.2, 0) is 24.1 Å². The topological polar surface area (TPSA) is 64.1 Å². The second-order valence-corrected chi connectivity index (χ2v) is 8.50. The van der Waals surface area contributed by atoms with Crippen molar-refractivity contribution in [3.05, 3.63) is 64.0 Å². The molecule has 1 aromatic carbocycles. The average Bonchev–Trinajstić information content (AvgIpc) is 3.19. The molecule has 2 aromatic heterocycles. The van der Waals surface area contributed by atoms with Gasteiger partial charge in [0.05, 0.1) is 12.3 Å². The Hall–Kier alpha value is -2.73. The number of rotatable bonds is 7. The van der Waals surface area contributed by atoms with Gasteiger partial charge in [-0.15, -0.1) is 11.3 Å². The molecule has 156 valence electrons. The summed E-state index contributed by atoms with van der Waals surface area (Å²) in [6.07, 6.45) is 4.01. The van der Waals surface area contributed by atoms with E-state index in [0.29, 0.717) is 24.9 Å². The fourth-order valence-electron chi connectivity index (χ4n) is 3.88. The van der Waals surface area contributed by atoms with E-state index >= 15 is 0 Å². The summed E-state index contributed by atoms with van der Waals surface area (Å²) in [5.41, 5.74) is 3.06. The van der Waals surface area contributed by atoms with Gasteiger partial charge in [0.25, 0.3) is 0 Å². The number of fused-ring (bicyclic) bond motifs is 1. The number of carbonyl (C=O) groups excluding carboxylic acids is 1. The zero-order valence-corrected chi connectivity index (χ0v) is 18.1. The lowest BCUT2D eigenvalue weighted by molar-refractivity contribution is -0.125. The van der Waals surface area contributed by atoms with E-state index in [4.69, 9.17) is 14.7 Å². The summed E-state index contributed by atoms with van der Waals surface area (Å²) in [6, 6.07) is 14.1. The molecule has 1 aliphatic rings. The zero-order valence-electron chi connectivity index (χ0n) is 17.3. The number of aryl methyl sites for hydroxylation is 1. The maximum absolute atomic E-state index is 12.8. The number of ether oxygens (including phenoxy) is 1. The van der Waals surface area contributed by atoms with Crippen molar-refractivity contribution in [2.24, 2.45) is 5.92 Å². The van der Waals surface area contributed by atoms with Crippen LogP contribution in [0.5, 0.6) is 5.88 Å². The summed E-state index contributed by atoms with van der Waals surface area (Å²) in [6.45, 7) is 3.21. The normalized spacial score (nSPS) is 15.8. The van der Waals surface area contributed by atoms with Crippen LogP contribution in [0.4, 0.5) is 0 Å². The van der Waals surface area contributed by atoms with E-state index in [1.165, 1.54) is 4.88 Å². The number of amides is 1. The SMILES string of the molecule is CCOc1nc(-c2ccccc2)nc2c1CCC(C(=O)NCCc1cccs1)CC2. The van der Waals surface area contributed by atoms with Crippen LogP contribution in [0.1, 0.15) is 35.9 Å². The van der Waals surface area contributed by atoms with Crippen molar-refractivity contribution in [1.29, 1.82) is 0 Å². The van der Waals surface area contributed by atoms with Gasteiger partial charge in [-0.25, -0.2) is 4.98 Å². The van der Waals surface area contributed by atoms with Crippen molar-refractivity contribution < 1.29 is 9.53 Å². The van der Waals surface area contributed by atoms with E-state index in [2.05, 4.69) is 16.8 Å². The molecule has 1 aliphatic carbocycles. The molecule has 5 nitrogen and oxygen atoms in total. The summed E-state index contributed by atoms with van der Waals surface area (Å²) in [4.78, 5) is 23.6. The number of hydrogen-bond acceptors (Lipinski definition) is 5. The molecular weight excluding hydrogens is 394 g/mol. The molecule has 0 aliphatic heterocycles. The second kappa shape index (κ2) is 9.85. The minimum atomic E-state index is -0.00260. The molecule has 1 atom stereocenters. The fourth-order valence-corrected chi connectivity index (χ4v) is 4.59.